The van der Waals surface area contributed by atoms with Crippen molar-refractivity contribution in [3.63, 3.8) is 0 Å². The molecule has 3 rings (SSSR count). The molecule has 0 bridgehead atoms. The Balaban J connectivity index is 2.03. The number of hydrogen-bond donors (Lipinski definition) is 1. The summed E-state index contributed by atoms with van der Waals surface area (Å²) in [4.78, 5) is 5.80. The summed E-state index contributed by atoms with van der Waals surface area (Å²) in [5, 5.41) is 4.10. The summed E-state index contributed by atoms with van der Waals surface area (Å²) < 4.78 is 0. The maximum atomic E-state index is 6.20. The molecule has 1 N–H and O–H groups in total. The molecule has 0 spiro atoms. The lowest BCUT2D eigenvalue weighted by atomic mass is 9.89. The van der Waals surface area contributed by atoms with Crippen LogP contribution in [0.5, 0.6) is 0 Å². The minimum absolute atomic E-state index is 0.112. The number of amidine groups is 1. The monoisotopic (exact) mass is 260 g/mol. The third-order valence-corrected chi connectivity index (χ3v) is 4.78. The topological polar surface area (TPSA) is 24.4 Å². The van der Waals surface area contributed by atoms with E-state index in [1.807, 2.05) is 0 Å². The molecule has 2 nitrogen and oxygen atoms in total. The van der Waals surface area contributed by atoms with E-state index in [-0.39, 0.29) is 5.37 Å². The highest BCUT2D eigenvalue weighted by molar-refractivity contribution is 8.04. The molecular formula is C10H10Cl2N2S. The minimum atomic E-state index is 0.112. The highest BCUT2D eigenvalue weighted by atomic mass is 35.5. The molecule has 0 aromatic rings. The van der Waals surface area contributed by atoms with Crippen LogP contribution in [0.15, 0.2) is 26.7 Å². The molecule has 0 amide bonds. The molecule has 1 fully saturated rings. The number of hydrogen-bond acceptors (Lipinski definition) is 3. The van der Waals surface area contributed by atoms with E-state index in [4.69, 9.17) is 23.2 Å². The van der Waals surface area contributed by atoms with Crippen molar-refractivity contribution in [2.45, 2.75) is 24.6 Å². The smallest absolute Gasteiger partial charge is 0.197 e. The van der Waals surface area contributed by atoms with Crippen LogP contribution in [-0.4, -0.2) is 10.7 Å². The Labute approximate surface area is 103 Å². The van der Waals surface area contributed by atoms with E-state index in [0.717, 1.165) is 0 Å². The van der Waals surface area contributed by atoms with Gasteiger partial charge in [-0.1, -0.05) is 29.4 Å². The van der Waals surface area contributed by atoms with Gasteiger partial charge in [-0.15, -0.1) is 0 Å². The summed E-state index contributed by atoms with van der Waals surface area (Å²) in [6.07, 6.45) is 5.93. The summed E-state index contributed by atoms with van der Waals surface area (Å²) >= 11 is 13.9. The molecule has 0 radical (unpaired) electrons. The molecule has 15 heavy (non-hydrogen) atoms. The first-order valence-electron chi connectivity index (χ1n) is 5.02. The lowest BCUT2D eigenvalue weighted by Gasteiger charge is -2.21. The standard InChI is InChI=1S/C10H10Cl2N2S/c11-8-7-5-3-1-2-4-6(5)15-9(7)14-10(12)13-8/h4-5,9H,1-3H2,(H,13,14). The molecule has 2 heterocycles. The van der Waals surface area contributed by atoms with Crippen molar-refractivity contribution in [3.8, 4) is 0 Å². The van der Waals surface area contributed by atoms with Gasteiger partial charge in [0.05, 0.1) is 0 Å². The summed E-state index contributed by atoms with van der Waals surface area (Å²) in [5.74, 6) is 0.488. The fourth-order valence-corrected chi connectivity index (χ4v) is 4.45. The number of aliphatic imine (C=N–C) groups is 1. The Morgan fingerprint density at radius 3 is 3.20 bits per heavy atom. The Hall–Kier alpha value is -0.120. The highest BCUT2D eigenvalue weighted by Gasteiger charge is 2.40. The van der Waals surface area contributed by atoms with Gasteiger partial charge in [0.1, 0.15) is 10.5 Å². The van der Waals surface area contributed by atoms with Gasteiger partial charge in [0.25, 0.3) is 0 Å². The zero-order valence-corrected chi connectivity index (χ0v) is 10.3. The Bertz CT molecular complexity index is 400. The lowest BCUT2D eigenvalue weighted by Crippen LogP contribution is -2.26. The molecule has 0 aromatic carbocycles. The van der Waals surface area contributed by atoms with Gasteiger partial charge in [0.2, 0.25) is 0 Å². The molecule has 1 aliphatic carbocycles. The van der Waals surface area contributed by atoms with Crippen LogP contribution in [0.2, 0.25) is 0 Å². The van der Waals surface area contributed by atoms with Crippen LogP contribution in [0, 0.1) is 5.92 Å². The molecule has 5 heteroatoms. The van der Waals surface area contributed by atoms with Crippen LogP contribution in [0.25, 0.3) is 0 Å². The largest absolute Gasteiger partial charge is 0.321 e. The second-order valence-electron chi connectivity index (χ2n) is 3.87. The molecule has 3 aliphatic rings. The van der Waals surface area contributed by atoms with E-state index in [1.165, 1.54) is 29.7 Å². The molecule has 1 saturated heterocycles. The molecule has 0 saturated carbocycles. The van der Waals surface area contributed by atoms with E-state index < -0.39 is 0 Å². The first kappa shape index (κ1) is 10.1. The van der Waals surface area contributed by atoms with Gasteiger partial charge in [0, 0.05) is 11.5 Å². The van der Waals surface area contributed by atoms with Crippen LogP contribution in [0.3, 0.4) is 0 Å². The highest BCUT2D eigenvalue weighted by Crippen LogP contribution is 2.52. The van der Waals surface area contributed by atoms with Crippen molar-refractivity contribution in [3.05, 3.63) is 21.7 Å². The van der Waals surface area contributed by atoms with E-state index in [2.05, 4.69) is 16.4 Å². The lowest BCUT2D eigenvalue weighted by molar-refractivity contribution is 0.590. The van der Waals surface area contributed by atoms with Crippen LogP contribution >= 0.6 is 35.0 Å². The van der Waals surface area contributed by atoms with Gasteiger partial charge in [-0.2, -0.15) is 0 Å². The van der Waals surface area contributed by atoms with E-state index in [9.17, 15) is 0 Å². The van der Waals surface area contributed by atoms with Crippen molar-refractivity contribution >= 4 is 40.3 Å². The van der Waals surface area contributed by atoms with E-state index >= 15 is 0 Å². The Morgan fingerprint density at radius 2 is 2.33 bits per heavy atom. The average molecular weight is 261 g/mol. The number of thioether (sulfide) groups is 1. The maximum Gasteiger partial charge on any atom is 0.197 e. The van der Waals surface area contributed by atoms with Crippen molar-refractivity contribution in [2.24, 2.45) is 10.9 Å². The third kappa shape index (κ3) is 1.61. The van der Waals surface area contributed by atoms with Crippen LogP contribution in [0.1, 0.15) is 19.3 Å². The SMILES string of the molecule is ClC1=NC2SC3=CCCCC3C2=C(Cl)N1. The molecule has 2 unspecified atom stereocenters. The van der Waals surface area contributed by atoms with Gasteiger partial charge in [-0.05, 0) is 35.8 Å². The number of allylic oxidation sites excluding steroid dienone is 2. The van der Waals surface area contributed by atoms with Crippen LogP contribution in [0.4, 0.5) is 0 Å². The fourth-order valence-electron chi connectivity index (χ4n) is 2.31. The second kappa shape index (κ2) is 3.72. The predicted molar refractivity (Wildman–Crippen MR) is 66.1 cm³/mol. The van der Waals surface area contributed by atoms with Gasteiger partial charge in [0.15, 0.2) is 5.29 Å². The summed E-state index contributed by atoms with van der Waals surface area (Å²) in [5.41, 5.74) is 1.22. The summed E-state index contributed by atoms with van der Waals surface area (Å²) in [6, 6.07) is 0. The minimum Gasteiger partial charge on any atom is -0.321 e. The predicted octanol–water partition coefficient (Wildman–Crippen LogP) is 3.39. The van der Waals surface area contributed by atoms with Gasteiger partial charge in [-0.25, -0.2) is 4.99 Å². The molecule has 2 atom stereocenters. The molecule has 80 valence electrons. The molecule has 0 aromatic heterocycles. The average Bonchev–Trinajstić information content (AvgIpc) is 2.54. The zero-order chi connectivity index (χ0) is 10.4. The maximum absolute atomic E-state index is 6.20. The number of fused-ring (bicyclic) bond motifs is 3. The van der Waals surface area contributed by atoms with Crippen molar-refractivity contribution in [2.75, 3.05) is 0 Å². The Morgan fingerprint density at radius 1 is 1.47 bits per heavy atom. The first-order valence-corrected chi connectivity index (χ1v) is 6.66. The summed E-state index contributed by atoms with van der Waals surface area (Å²) in [7, 11) is 0. The first-order chi connectivity index (χ1) is 7.25. The third-order valence-electron chi connectivity index (χ3n) is 2.97. The van der Waals surface area contributed by atoms with Gasteiger partial charge < -0.3 is 5.32 Å². The van der Waals surface area contributed by atoms with Crippen molar-refractivity contribution in [1.82, 2.24) is 5.32 Å². The van der Waals surface area contributed by atoms with Crippen molar-refractivity contribution in [1.29, 1.82) is 0 Å². The number of nitrogens with one attached hydrogen (secondary N) is 1. The summed E-state index contributed by atoms with van der Waals surface area (Å²) in [6.45, 7) is 0. The van der Waals surface area contributed by atoms with E-state index in [1.54, 1.807) is 11.8 Å². The van der Waals surface area contributed by atoms with Gasteiger partial charge in [-0.3, -0.25) is 0 Å². The molecular weight excluding hydrogens is 251 g/mol. The van der Waals surface area contributed by atoms with Gasteiger partial charge >= 0.3 is 0 Å². The number of rotatable bonds is 0. The quantitative estimate of drug-likeness (QED) is 0.676. The van der Waals surface area contributed by atoms with Crippen molar-refractivity contribution < 1.29 is 0 Å². The second-order valence-corrected chi connectivity index (χ2v) is 5.76. The normalized spacial score (nSPS) is 34.0. The number of halogens is 2. The molecule has 2 aliphatic heterocycles. The zero-order valence-electron chi connectivity index (χ0n) is 7.96. The van der Waals surface area contributed by atoms with E-state index in [0.29, 0.717) is 16.4 Å². The van der Waals surface area contributed by atoms with Crippen LogP contribution in [-0.2, 0) is 0 Å². The fraction of sp³-hybridized carbons (Fsp3) is 0.500. The Kier molecular flexibility index (Phi) is 2.49. The number of nitrogens with zero attached hydrogens (tertiary/aromatic N) is 1. The van der Waals surface area contributed by atoms with Crippen LogP contribution < -0.4 is 5.32 Å².